The van der Waals surface area contributed by atoms with Crippen molar-refractivity contribution >= 4 is 6.03 Å². The number of piperidine rings is 1. The molecule has 3 aliphatic rings. The van der Waals surface area contributed by atoms with Gasteiger partial charge < -0.3 is 15.2 Å². The maximum Gasteiger partial charge on any atom is 0.317 e. The van der Waals surface area contributed by atoms with Crippen molar-refractivity contribution in [3.8, 4) is 0 Å². The number of pyridine rings is 1. The summed E-state index contributed by atoms with van der Waals surface area (Å²) in [4.78, 5) is 34.4. The van der Waals surface area contributed by atoms with Gasteiger partial charge in [-0.2, -0.15) is 0 Å². The molecule has 7 nitrogen and oxygen atoms in total. The van der Waals surface area contributed by atoms with Crippen molar-refractivity contribution in [2.75, 3.05) is 46.3 Å². The van der Waals surface area contributed by atoms with Gasteiger partial charge in [0.15, 0.2) is 0 Å². The molecule has 2 saturated heterocycles. The summed E-state index contributed by atoms with van der Waals surface area (Å²) in [5.74, 6) is 0.487. The highest BCUT2D eigenvalue weighted by Gasteiger charge is 2.34. The van der Waals surface area contributed by atoms with Crippen LogP contribution in [0.1, 0.15) is 56.2 Å². The monoisotopic (exact) mass is 415 g/mol. The fourth-order valence-corrected chi connectivity index (χ4v) is 5.67. The maximum atomic E-state index is 12.2. The summed E-state index contributed by atoms with van der Waals surface area (Å²) in [5.41, 5.74) is 2.10. The Bertz CT molecular complexity index is 778. The summed E-state index contributed by atoms with van der Waals surface area (Å²) in [6.45, 7) is 8.30. The lowest BCUT2D eigenvalue weighted by molar-refractivity contribution is 0.0483. The van der Waals surface area contributed by atoms with Gasteiger partial charge in [0.2, 0.25) is 0 Å². The zero-order chi connectivity index (χ0) is 21.1. The van der Waals surface area contributed by atoms with Gasteiger partial charge in [-0.25, -0.2) is 4.79 Å². The lowest BCUT2D eigenvalue weighted by atomic mass is 10.0. The third kappa shape index (κ3) is 4.57. The highest BCUT2D eigenvalue weighted by Crippen LogP contribution is 2.36. The van der Waals surface area contributed by atoms with E-state index in [0.29, 0.717) is 18.0 Å². The molecular formula is C23H37N5O2. The summed E-state index contributed by atoms with van der Waals surface area (Å²) >= 11 is 0. The second-order valence-corrected chi connectivity index (χ2v) is 9.13. The van der Waals surface area contributed by atoms with Crippen LogP contribution in [0.5, 0.6) is 0 Å². The third-order valence-electron chi connectivity index (χ3n) is 7.59. The van der Waals surface area contributed by atoms with Crippen molar-refractivity contribution in [1.82, 2.24) is 25.0 Å². The third-order valence-corrected chi connectivity index (χ3v) is 7.59. The first-order chi connectivity index (χ1) is 14.6. The molecule has 1 saturated carbocycles. The van der Waals surface area contributed by atoms with Crippen LogP contribution in [0.15, 0.2) is 16.9 Å². The number of nitrogens with zero attached hydrogens (tertiary/aromatic N) is 3. The lowest BCUT2D eigenvalue weighted by Crippen LogP contribution is -2.55. The number of amides is 2. The van der Waals surface area contributed by atoms with Gasteiger partial charge in [0.25, 0.3) is 5.56 Å². The van der Waals surface area contributed by atoms with E-state index in [9.17, 15) is 9.59 Å². The molecule has 3 fully saturated rings. The zero-order valence-corrected chi connectivity index (χ0v) is 18.5. The molecule has 2 amide bonds. The van der Waals surface area contributed by atoms with Crippen molar-refractivity contribution in [2.45, 2.75) is 63.5 Å². The van der Waals surface area contributed by atoms with Crippen LogP contribution in [0, 0.1) is 0 Å². The van der Waals surface area contributed by atoms with Crippen molar-refractivity contribution < 1.29 is 4.79 Å². The molecule has 0 radical (unpaired) electrons. The lowest BCUT2D eigenvalue weighted by Gasteiger charge is -2.44. The van der Waals surface area contributed by atoms with Crippen LogP contribution in [0.25, 0.3) is 0 Å². The van der Waals surface area contributed by atoms with Gasteiger partial charge in [-0.3, -0.25) is 14.6 Å². The summed E-state index contributed by atoms with van der Waals surface area (Å²) in [6, 6.07) is 5.46. The van der Waals surface area contributed by atoms with Crippen molar-refractivity contribution in [2.24, 2.45) is 0 Å². The van der Waals surface area contributed by atoms with Crippen molar-refractivity contribution in [3.05, 3.63) is 33.7 Å². The molecular weight excluding hydrogens is 378 g/mol. The fraction of sp³-hybridized carbons (Fsp3) is 0.739. The molecule has 2 N–H and O–H groups in total. The van der Waals surface area contributed by atoms with Crippen LogP contribution in [-0.2, 0) is 6.42 Å². The molecule has 1 aromatic heterocycles. The van der Waals surface area contributed by atoms with Crippen LogP contribution >= 0.6 is 0 Å². The number of rotatable bonds is 4. The number of hydrogen-bond donors (Lipinski definition) is 2. The molecule has 1 aromatic rings. The number of aryl methyl sites for hydroxylation is 1. The van der Waals surface area contributed by atoms with Crippen molar-refractivity contribution in [1.29, 1.82) is 0 Å². The van der Waals surface area contributed by atoms with Crippen LogP contribution in [0.3, 0.4) is 0 Å². The zero-order valence-electron chi connectivity index (χ0n) is 18.5. The molecule has 3 heterocycles. The highest BCUT2D eigenvalue weighted by atomic mass is 16.2. The quantitative estimate of drug-likeness (QED) is 0.789. The second kappa shape index (κ2) is 9.52. The van der Waals surface area contributed by atoms with Crippen LogP contribution in [0.4, 0.5) is 4.79 Å². The number of hydrogen-bond acceptors (Lipinski definition) is 4. The standard InChI is InChI=1S/C23H37N5O2/c1-3-17-5-7-21(25-22(17)29)18-4-6-20(16-18)27-14-12-26(13-15-27)19-8-10-28(11-9-19)23(30)24-2/h5,7,18-20H,3-4,6,8-16H2,1-2H3,(H,24,30)(H,25,29). The summed E-state index contributed by atoms with van der Waals surface area (Å²) in [7, 11) is 1.71. The Balaban J connectivity index is 1.25. The first-order valence-electron chi connectivity index (χ1n) is 11.8. The molecule has 166 valence electrons. The van der Waals surface area contributed by atoms with E-state index in [1.54, 1.807) is 7.05 Å². The van der Waals surface area contributed by atoms with Gasteiger partial charge in [-0.1, -0.05) is 13.0 Å². The summed E-state index contributed by atoms with van der Waals surface area (Å²) in [5, 5.41) is 2.74. The molecule has 2 unspecified atom stereocenters. The predicted molar refractivity (Wildman–Crippen MR) is 119 cm³/mol. The topological polar surface area (TPSA) is 71.7 Å². The molecule has 2 aliphatic heterocycles. The minimum absolute atomic E-state index is 0.0553. The smallest absolute Gasteiger partial charge is 0.317 e. The van der Waals surface area contributed by atoms with Gasteiger partial charge in [0.05, 0.1) is 0 Å². The van der Waals surface area contributed by atoms with Gasteiger partial charge in [-0.05, 0) is 44.6 Å². The predicted octanol–water partition coefficient (Wildman–Crippen LogP) is 1.99. The minimum atomic E-state index is 0.0553. The number of urea groups is 1. The number of aromatic amines is 1. The maximum absolute atomic E-state index is 12.2. The largest absolute Gasteiger partial charge is 0.341 e. The van der Waals surface area contributed by atoms with E-state index in [1.165, 1.54) is 12.8 Å². The Hall–Kier alpha value is -1.86. The molecule has 4 rings (SSSR count). The number of piperazine rings is 1. The number of likely N-dealkylation sites (tertiary alicyclic amines) is 1. The number of aromatic nitrogens is 1. The number of H-pyrrole nitrogens is 1. The molecule has 30 heavy (non-hydrogen) atoms. The van der Waals surface area contributed by atoms with E-state index < -0.39 is 0 Å². The fourth-order valence-electron chi connectivity index (χ4n) is 5.67. The van der Waals surface area contributed by atoms with E-state index in [-0.39, 0.29) is 11.6 Å². The van der Waals surface area contributed by atoms with E-state index >= 15 is 0 Å². The van der Waals surface area contributed by atoms with Crippen LogP contribution in [0.2, 0.25) is 0 Å². The van der Waals surface area contributed by atoms with E-state index in [2.05, 4.69) is 26.2 Å². The minimum Gasteiger partial charge on any atom is -0.341 e. The first kappa shape index (κ1) is 21.4. The summed E-state index contributed by atoms with van der Waals surface area (Å²) in [6.07, 6.45) is 6.51. The van der Waals surface area contributed by atoms with Gasteiger partial charge >= 0.3 is 6.03 Å². The second-order valence-electron chi connectivity index (χ2n) is 9.13. The normalized spacial score (nSPS) is 26.8. The van der Waals surface area contributed by atoms with Gasteiger partial charge in [0, 0.05) is 75.6 Å². The molecule has 0 bridgehead atoms. The Morgan fingerprint density at radius 2 is 1.67 bits per heavy atom. The Morgan fingerprint density at radius 1 is 1.00 bits per heavy atom. The van der Waals surface area contributed by atoms with E-state index in [4.69, 9.17) is 0 Å². The molecule has 7 heteroatoms. The Kier molecular flexibility index (Phi) is 6.78. The highest BCUT2D eigenvalue weighted by molar-refractivity contribution is 5.73. The number of carbonyl (C=O) groups excluding carboxylic acids is 1. The SMILES string of the molecule is CCc1ccc(C2CCC(N3CCN(C4CCN(C(=O)NC)CC4)CC3)C2)[nH]c1=O. The van der Waals surface area contributed by atoms with E-state index in [0.717, 1.165) is 76.2 Å². The van der Waals surface area contributed by atoms with Gasteiger partial charge in [-0.15, -0.1) is 0 Å². The van der Waals surface area contributed by atoms with Crippen LogP contribution in [-0.4, -0.2) is 84.1 Å². The summed E-state index contributed by atoms with van der Waals surface area (Å²) < 4.78 is 0. The average Bonchev–Trinajstić information content (AvgIpc) is 3.29. The average molecular weight is 416 g/mol. The molecule has 0 spiro atoms. The molecule has 2 atom stereocenters. The van der Waals surface area contributed by atoms with Crippen LogP contribution < -0.4 is 10.9 Å². The van der Waals surface area contributed by atoms with Gasteiger partial charge in [0.1, 0.15) is 0 Å². The number of nitrogens with one attached hydrogen (secondary N) is 2. The molecule has 1 aliphatic carbocycles. The van der Waals surface area contributed by atoms with E-state index in [1.807, 2.05) is 17.9 Å². The Labute approximate surface area is 179 Å². The first-order valence-corrected chi connectivity index (χ1v) is 11.8. The molecule has 0 aromatic carbocycles. The van der Waals surface area contributed by atoms with Crippen molar-refractivity contribution in [3.63, 3.8) is 0 Å². The Morgan fingerprint density at radius 3 is 2.27 bits per heavy atom. The number of carbonyl (C=O) groups is 1.